The summed E-state index contributed by atoms with van der Waals surface area (Å²) >= 11 is 5.76. The Morgan fingerprint density at radius 1 is 1.21 bits per heavy atom. The van der Waals surface area contributed by atoms with E-state index in [1.807, 2.05) is 0 Å². The average Bonchev–Trinajstić information content (AvgIpc) is 2.45. The van der Waals surface area contributed by atoms with Crippen LogP contribution >= 0.6 is 11.6 Å². The molecule has 0 aromatic heterocycles. The fourth-order valence-corrected chi connectivity index (χ4v) is 3.00. The van der Waals surface area contributed by atoms with Gasteiger partial charge in [-0.15, -0.1) is 0 Å². The van der Waals surface area contributed by atoms with Gasteiger partial charge in [0.2, 0.25) is 15.8 Å². The average molecular weight is 373 g/mol. The summed E-state index contributed by atoms with van der Waals surface area (Å²) in [6.07, 6.45) is 0. The number of carboxylic acid groups (broad SMARTS) is 1. The molecule has 0 aliphatic rings. The Morgan fingerprint density at radius 3 is 2.38 bits per heavy atom. The first-order valence-electron chi connectivity index (χ1n) is 6.12. The number of hydrogen-bond donors (Lipinski definition) is 2. The smallest absolute Gasteiger partial charge is 0.339 e. The molecule has 0 radical (unpaired) electrons. The highest BCUT2D eigenvalue weighted by atomic mass is 35.5. The van der Waals surface area contributed by atoms with Crippen LogP contribution in [0.5, 0.6) is 11.5 Å². The van der Waals surface area contributed by atoms with E-state index in [0.29, 0.717) is 0 Å². The van der Waals surface area contributed by atoms with Crippen molar-refractivity contribution in [3.8, 4) is 11.5 Å². The minimum absolute atomic E-state index is 0.174. The fraction of sp³-hybridized carbons (Fsp3) is 0. The first-order valence-corrected chi connectivity index (χ1v) is 8.05. The predicted molar refractivity (Wildman–Crippen MR) is 83.0 cm³/mol. The van der Waals surface area contributed by atoms with Crippen molar-refractivity contribution in [3.63, 3.8) is 0 Å². The number of benzene rings is 2. The Hall–Kier alpha value is -2.69. The van der Waals surface area contributed by atoms with E-state index in [1.165, 1.54) is 24.3 Å². The third kappa shape index (κ3) is 3.45. The molecule has 0 atom stereocenters. The van der Waals surface area contributed by atoms with E-state index in [0.717, 1.165) is 12.1 Å². The number of nitrogens with two attached hydrogens (primary N) is 1. The third-order valence-electron chi connectivity index (χ3n) is 2.87. The number of primary sulfonamides is 1. The number of nitro benzene ring substituents is 1. The molecule has 2 rings (SSSR count). The highest BCUT2D eigenvalue weighted by Gasteiger charge is 2.28. The first kappa shape index (κ1) is 17.7. The van der Waals surface area contributed by atoms with Gasteiger partial charge >= 0.3 is 11.7 Å². The van der Waals surface area contributed by atoms with E-state index in [4.69, 9.17) is 26.6 Å². The lowest BCUT2D eigenvalue weighted by Crippen LogP contribution is -2.13. The van der Waals surface area contributed by atoms with Gasteiger partial charge in [0, 0.05) is 0 Å². The molecule has 3 N–H and O–H groups in total. The van der Waals surface area contributed by atoms with Gasteiger partial charge in [0.1, 0.15) is 21.2 Å². The van der Waals surface area contributed by atoms with Crippen LogP contribution in [0.25, 0.3) is 0 Å². The zero-order valence-electron chi connectivity index (χ0n) is 11.7. The van der Waals surface area contributed by atoms with E-state index < -0.39 is 42.3 Å². The Kier molecular flexibility index (Phi) is 4.73. The number of carboxylic acids is 1. The van der Waals surface area contributed by atoms with Crippen molar-refractivity contribution in [2.75, 3.05) is 0 Å². The monoisotopic (exact) mass is 372 g/mol. The van der Waals surface area contributed by atoms with Crippen LogP contribution in [0.15, 0.2) is 41.3 Å². The van der Waals surface area contributed by atoms with Crippen LogP contribution in [0.3, 0.4) is 0 Å². The molecule has 0 heterocycles. The van der Waals surface area contributed by atoms with Crippen molar-refractivity contribution in [2.45, 2.75) is 4.90 Å². The molecule has 0 unspecified atom stereocenters. The lowest BCUT2D eigenvalue weighted by Gasteiger charge is -2.11. The topological polar surface area (TPSA) is 150 Å². The molecule has 11 heteroatoms. The van der Waals surface area contributed by atoms with Crippen molar-refractivity contribution in [1.82, 2.24) is 0 Å². The van der Waals surface area contributed by atoms with Crippen LogP contribution in [-0.2, 0) is 10.0 Å². The molecule has 0 fully saturated rings. The summed E-state index contributed by atoms with van der Waals surface area (Å²) in [6.45, 7) is 0. The molecule has 0 aliphatic heterocycles. The van der Waals surface area contributed by atoms with Crippen molar-refractivity contribution < 1.29 is 28.0 Å². The minimum atomic E-state index is -4.29. The quantitative estimate of drug-likeness (QED) is 0.604. The van der Waals surface area contributed by atoms with Crippen LogP contribution < -0.4 is 9.88 Å². The Morgan fingerprint density at radius 2 is 1.83 bits per heavy atom. The van der Waals surface area contributed by atoms with E-state index >= 15 is 0 Å². The number of sulfonamides is 1. The van der Waals surface area contributed by atoms with Gasteiger partial charge in [-0.3, -0.25) is 10.1 Å². The summed E-state index contributed by atoms with van der Waals surface area (Å²) in [6, 6.07) is 7.35. The Bertz CT molecular complexity index is 943. The van der Waals surface area contributed by atoms with Gasteiger partial charge < -0.3 is 9.84 Å². The number of ether oxygens (including phenoxy) is 1. The fourth-order valence-electron chi connectivity index (χ4n) is 1.85. The lowest BCUT2D eigenvalue weighted by molar-refractivity contribution is -0.385. The second-order valence-corrected chi connectivity index (χ2v) is 6.34. The van der Waals surface area contributed by atoms with Crippen LogP contribution in [0, 0.1) is 10.1 Å². The van der Waals surface area contributed by atoms with Crippen molar-refractivity contribution >= 4 is 33.3 Å². The number of para-hydroxylation sites is 1. The summed E-state index contributed by atoms with van der Waals surface area (Å²) < 4.78 is 28.1. The highest BCUT2D eigenvalue weighted by Crippen LogP contribution is 2.41. The molecule has 0 amide bonds. The second-order valence-electron chi connectivity index (χ2n) is 4.43. The van der Waals surface area contributed by atoms with Gasteiger partial charge in [0.05, 0.1) is 4.92 Å². The molecular formula is C13H9ClN2O7S. The SMILES string of the molecule is NS(=O)(=O)c1ccc(Oc2ccccc2C(=O)O)c([N+](=O)[O-])c1Cl. The molecule has 126 valence electrons. The van der Waals surface area contributed by atoms with Crippen LogP contribution in [0.2, 0.25) is 5.02 Å². The van der Waals surface area contributed by atoms with Gasteiger partial charge in [0.15, 0.2) is 0 Å². The molecular weight excluding hydrogens is 364 g/mol. The van der Waals surface area contributed by atoms with Crippen LogP contribution in [0.1, 0.15) is 10.4 Å². The van der Waals surface area contributed by atoms with Gasteiger partial charge in [-0.1, -0.05) is 23.7 Å². The number of aromatic carboxylic acids is 1. The van der Waals surface area contributed by atoms with Gasteiger partial charge in [-0.25, -0.2) is 18.4 Å². The summed E-state index contributed by atoms with van der Waals surface area (Å²) in [5.41, 5.74) is -1.08. The minimum Gasteiger partial charge on any atom is -0.478 e. The molecule has 0 saturated carbocycles. The number of hydrogen-bond acceptors (Lipinski definition) is 6. The predicted octanol–water partition coefficient (Wildman–Crippen LogP) is 2.39. The highest BCUT2D eigenvalue weighted by molar-refractivity contribution is 7.89. The Balaban J connectivity index is 2.63. The number of nitro groups is 1. The van der Waals surface area contributed by atoms with E-state index in [9.17, 15) is 23.3 Å². The molecule has 0 spiro atoms. The van der Waals surface area contributed by atoms with Gasteiger partial charge in [-0.2, -0.15) is 0 Å². The molecule has 9 nitrogen and oxygen atoms in total. The lowest BCUT2D eigenvalue weighted by atomic mass is 10.2. The summed E-state index contributed by atoms with van der Waals surface area (Å²) in [5.74, 6) is -1.90. The molecule has 0 bridgehead atoms. The van der Waals surface area contributed by atoms with E-state index in [1.54, 1.807) is 0 Å². The van der Waals surface area contributed by atoms with E-state index in [2.05, 4.69) is 0 Å². The van der Waals surface area contributed by atoms with Crippen LogP contribution in [0.4, 0.5) is 5.69 Å². The van der Waals surface area contributed by atoms with Crippen molar-refractivity contribution in [2.24, 2.45) is 5.14 Å². The summed E-state index contributed by atoms with van der Waals surface area (Å²) in [7, 11) is -4.29. The van der Waals surface area contributed by atoms with Crippen molar-refractivity contribution in [1.29, 1.82) is 0 Å². The van der Waals surface area contributed by atoms with Gasteiger partial charge in [-0.05, 0) is 24.3 Å². The normalized spacial score (nSPS) is 11.1. The van der Waals surface area contributed by atoms with Gasteiger partial charge in [0.25, 0.3) is 0 Å². The van der Waals surface area contributed by atoms with Crippen LogP contribution in [-0.4, -0.2) is 24.4 Å². The van der Waals surface area contributed by atoms with Crippen molar-refractivity contribution in [3.05, 3.63) is 57.1 Å². The molecule has 2 aromatic rings. The molecule has 0 saturated heterocycles. The maximum absolute atomic E-state index is 11.4. The number of rotatable bonds is 5. The number of halogens is 1. The summed E-state index contributed by atoms with van der Waals surface area (Å²) in [5, 5.41) is 24.5. The molecule has 0 aliphatic carbocycles. The maximum atomic E-state index is 11.4. The standard InChI is InChI=1S/C13H9ClN2O7S/c14-11-10(24(15,21)22)6-5-9(12(11)16(19)20)23-8-4-2-1-3-7(8)13(17)18/h1-6H,(H,17,18)(H2,15,21,22). The maximum Gasteiger partial charge on any atom is 0.339 e. The first-order chi connectivity index (χ1) is 11.1. The molecule has 2 aromatic carbocycles. The third-order valence-corrected chi connectivity index (χ3v) is 4.32. The summed E-state index contributed by atoms with van der Waals surface area (Å²) in [4.78, 5) is 20.8. The second kappa shape index (κ2) is 6.43. The Labute approximate surface area is 140 Å². The zero-order chi connectivity index (χ0) is 18.1. The zero-order valence-corrected chi connectivity index (χ0v) is 13.2. The van der Waals surface area contributed by atoms with E-state index in [-0.39, 0.29) is 11.3 Å². The number of carbonyl (C=O) groups is 1. The largest absolute Gasteiger partial charge is 0.478 e. The molecule has 24 heavy (non-hydrogen) atoms. The number of nitrogens with zero attached hydrogens (tertiary/aromatic N) is 1.